The van der Waals surface area contributed by atoms with Gasteiger partial charge in [-0.25, -0.2) is 4.79 Å². The van der Waals surface area contributed by atoms with Gasteiger partial charge in [0.15, 0.2) is 6.61 Å². The Morgan fingerprint density at radius 2 is 1.48 bits per heavy atom. The van der Waals surface area contributed by atoms with E-state index in [1.165, 1.54) is 7.11 Å². The van der Waals surface area contributed by atoms with E-state index < -0.39 is 18.5 Å². The maximum absolute atomic E-state index is 12.4. The molecule has 158 valence electrons. The number of methoxy groups -OCH3 is 1. The van der Waals surface area contributed by atoms with Gasteiger partial charge in [0, 0.05) is 15.7 Å². The Hall–Kier alpha value is -3.65. The Labute approximate surface area is 187 Å². The zero-order valence-electron chi connectivity index (χ0n) is 16.6. The predicted molar refractivity (Wildman–Crippen MR) is 120 cm³/mol. The molecule has 0 aliphatic rings. The highest BCUT2D eigenvalue weighted by Crippen LogP contribution is 2.24. The maximum atomic E-state index is 12.4. The highest BCUT2D eigenvalue weighted by Gasteiger charge is 2.12. The summed E-state index contributed by atoms with van der Waals surface area (Å²) in [6, 6.07) is 20.0. The van der Waals surface area contributed by atoms with Crippen molar-refractivity contribution in [2.45, 2.75) is 0 Å². The number of nitrogens with one attached hydrogen (secondary N) is 2. The number of esters is 1. The van der Waals surface area contributed by atoms with E-state index in [9.17, 15) is 14.4 Å². The van der Waals surface area contributed by atoms with Crippen LogP contribution in [0, 0.1) is 0 Å². The molecule has 0 saturated carbocycles. The lowest BCUT2D eigenvalue weighted by molar-refractivity contribution is -0.119. The Balaban J connectivity index is 1.52. The van der Waals surface area contributed by atoms with E-state index >= 15 is 0 Å². The summed E-state index contributed by atoms with van der Waals surface area (Å²) in [5, 5.41) is 5.39. The van der Waals surface area contributed by atoms with Crippen molar-refractivity contribution in [1.82, 2.24) is 0 Å². The normalized spacial score (nSPS) is 10.1. The number of hydrogen-bond acceptors (Lipinski definition) is 5. The van der Waals surface area contributed by atoms with Gasteiger partial charge in [0.05, 0.1) is 18.4 Å². The fraction of sp³-hybridized carbons (Fsp3) is 0.0870. The summed E-state index contributed by atoms with van der Waals surface area (Å²) in [6.07, 6.45) is 0. The van der Waals surface area contributed by atoms with Gasteiger partial charge in [-0.05, 0) is 60.7 Å². The molecular formula is C23H19BrN2O5. The van der Waals surface area contributed by atoms with Gasteiger partial charge >= 0.3 is 5.97 Å². The molecule has 0 unspecified atom stereocenters. The predicted octanol–water partition coefficient (Wildman–Crippen LogP) is 4.51. The zero-order chi connectivity index (χ0) is 22.2. The van der Waals surface area contributed by atoms with Crippen LogP contribution in [0.2, 0.25) is 0 Å². The van der Waals surface area contributed by atoms with Crippen LogP contribution >= 0.6 is 15.9 Å². The first-order valence-corrected chi connectivity index (χ1v) is 10.0. The molecule has 3 aromatic rings. The third-order valence-electron chi connectivity index (χ3n) is 4.20. The second-order valence-corrected chi connectivity index (χ2v) is 7.28. The molecule has 0 aliphatic carbocycles. The number of halogens is 1. The molecule has 0 heterocycles. The number of carbonyl (C=O) groups is 3. The van der Waals surface area contributed by atoms with E-state index in [-0.39, 0.29) is 5.91 Å². The highest BCUT2D eigenvalue weighted by molar-refractivity contribution is 9.10. The van der Waals surface area contributed by atoms with Crippen LogP contribution in [-0.2, 0) is 9.53 Å². The Morgan fingerprint density at radius 3 is 2.16 bits per heavy atom. The number of ether oxygens (including phenoxy) is 2. The number of hydrogen-bond donors (Lipinski definition) is 2. The average Bonchev–Trinajstić information content (AvgIpc) is 2.78. The molecule has 0 radical (unpaired) electrons. The van der Waals surface area contributed by atoms with Crippen molar-refractivity contribution in [3.63, 3.8) is 0 Å². The van der Waals surface area contributed by atoms with Gasteiger partial charge in [-0.15, -0.1) is 0 Å². The molecule has 2 amide bonds. The first-order chi connectivity index (χ1) is 15.0. The molecule has 8 heteroatoms. The van der Waals surface area contributed by atoms with Gasteiger partial charge in [0.1, 0.15) is 5.75 Å². The lowest BCUT2D eigenvalue weighted by Crippen LogP contribution is -2.21. The highest BCUT2D eigenvalue weighted by atomic mass is 79.9. The van der Waals surface area contributed by atoms with Crippen LogP contribution in [0.4, 0.5) is 11.4 Å². The van der Waals surface area contributed by atoms with Crippen LogP contribution in [0.3, 0.4) is 0 Å². The summed E-state index contributed by atoms with van der Waals surface area (Å²) >= 11 is 3.28. The summed E-state index contributed by atoms with van der Waals surface area (Å²) in [4.78, 5) is 36.4. The Kier molecular flexibility index (Phi) is 7.40. The molecule has 2 N–H and O–H groups in total. The summed E-state index contributed by atoms with van der Waals surface area (Å²) in [7, 11) is 1.53. The number of anilines is 2. The maximum Gasteiger partial charge on any atom is 0.338 e. The van der Waals surface area contributed by atoms with Crippen LogP contribution in [0.1, 0.15) is 20.7 Å². The fourth-order valence-electron chi connectivity index (χ4n) is 2.64. The van der Waals surface area contributed by atoms with E-state index in [0.29, 0.717) is 28.3 Å². The minimum absolute atomic E-state index is 0.314. The van der Waals surface area contributed by atoms with Crippen molar-refractivity contribution in [2.24, 2.45) is 0 Å². The van der Waals surface area contributed by atoms with Crippen molar-refractivity contribution in [3.8, 4) is 5.75 Å². The number of para-hydroxylation sites is 2. The fourth-order valence-corrected chi connectivity index (χ4v) is 2.91. The van der Waals surface area contributed by atoms with Gasteiger partial charge in [-0.2, -0.15) is 0 Å². The second-order valence-electron chi connectivity index (χ2n) is 6.36. The van der Waals surface area contributed by atoms with Crippen molar-refractivity contribution < 1.29 is 23.9 Å². The number of carbonyl (C=O) groups excluding carboxylic acids is 3. The van der Waals surface area contributed by atoms with Crippen LogP contribution in [0.25, 0.3) is 0 Å². The molecular weight excluding hydrogens is 464 g/mol. The molecule has 0 atom stereocenters. The summed E-state index contributed by atoms with van der Waals surface area (Å²) in [6.45, 7) is -0.426. The topological polar surface area (TPSA) is 93.7 Å². The summed E-state index contributed by atoms with van der Waals surface area (Å²) in [5.41, 5.74) is 1.78. The standard InChI is InChI=1S/C23H19BrN2O5/c1-30-20-5-3-2-4-19(20)26-22(28)15-8-12-18(13-9-15)25-21(27)14-31-23(29)16-6-10-17(24)11-7-16/h2-13H,14H2,1H3,(H,25,27)(H,26,28). The second kappa shape index (κ2) is 10.4. The molecule has 0 fully saturated rings. The van der Waals surface area contributed by atoms with E-state index in [4.69, 9.17) is 9.47 Å². The van der Waals surface area contributed by atoms with Crippen LogP contribution in [0.5, 0.6) is 5.75 Å². The van der Waals surface area contributed by atoms with Crippen LogP contribution in [-0.4, -0.2) is 31.5 Å². The summed E-state index contributed by atoms with van der Waals surface area (Å²) < 4.78 is 11.1. The van der Waals surface area contributed by atoms with E-state index in [2.05, 4.69) is 26.6 Å². The molecule has 0 aliphatic heterocycles. The molecule has 3 aromatic carbocycles. The number of benzene rings is 3. The quantitative estimate of drug-likeness (QED) is 0.483. The lowest BCUT2D eigenvalue weighted by atomic mass is 10.2. The lowest BCUT2D eigenvalue weighted by Gasteiger charge is -2.10. The molecule has 0 aromatic heterocycles. The van der Waals surface area contributed by atoms with E-state index in [1.54, 1.807) is 66.7 Å². The molecule has 3 rings (SSSR count). The molecule has 7 nitrogen and oxygen atoms in total. The van der Waals surface area contributed by atoms with Gasteiger partial charge in [0.25, 0.3) is 11.8 Å². The molecule has 0 bridgehead atoms. The smallest absolute Gasteiger partial charge is 0.338 e. The third-order valence-corrected chi connectivity index (χ3v) is 4.73. The van der Waals surface area contributed by atoms with Crippen molar-refractivity contribution in [3.05, 3.63) is 88.4 Å². The minimum atomic E-state index is -0.592. The van der Waals surface area contributed by atoms with Crippen molar-refractivity contribution in [2.75, 3.05) is 24.4 Å². The molecule has 31 heavy (non-hydrogen) atoms. The van der Waals surface area contributed by atoms with Crippen molar-refractivity contribution >= 4 is 45.1 Å². The molecule has 0 spiro atoms. The van der Waals surface area contributed by atoms with Crippen LogP contribution < -0.4 is 15.4 Å². The number of amides is 2. The minimum Gasteiger partial charge on any atom is -0.495 e. The van der Waals surface area contributed by atoms with Gasteiger partial charge < -0.3 is 20.1 Å². The van der Waals surface area contributed by atoms with Crippen LogP contribution in [0.15, 0.2) is 77.3 Å². The monoisotopic (exact) mass is 482 g/mol. The van der Waals surface area contributed by atoms with Crippen molar-refractivity contribution in [1.29, 1.82) is 0 Å². The zero-order valence-corrected chi connectivity index (χ0v) is 18.1. The Bertz CT molecular complexity index is 1080. The number of rotatable bonds is 7. The Morgan fingerprint density at radius 1 is 0.839 bits per heavy atom. The third kappa shape index (κ3) is 6.16. The van der Waals surface area contributed by atoms with Gasteiger partial charge in [-0.3, -0.25) is 9.59 Å². The van der Waals surface area contributed by atoms with Gasteiger partial charge in [-0.1, -0.05) is 28.1 Å². The SMILES string of the molecule is COc1ccccc1NC(=O)c1ccc(NC(=O)COC(=O)c2ccc(Br)cc2)cc1. The van der Waals surface area contributed by atoms with E-state index in [1.807, 2.05) is 6.07 Å². The largest absolute Gasteiger partial charge is 0.495 e. The first kappa shape index (κ1) is 22.0. The van der Waals surface area contributed by atoms with E-state index in [0.717, 1.165) is 4.47 Å². The average molecular weight is 483 g/mol. The van der Waals surface area contributed by atoms with Gasteiger partial charge in [0.2, 0.25) is 0 Å². The molecule has 0 saturated heterocycles. The summed E-state index contributed by atoms with van der Waals surface area (Å²) in [5.74, 6) is -0.842. The first-order valence-electron chi connectivity index (χ1n) is 9.23.